The minimum absolute atomic E-state index is 0.159. The number of carbonyl (C=O) groups is 2. The first-order chi connectivity index (χ1) is 14.6. The molecule has 1 amide bonds. The first-order valence-electron chi connectivity index (χ1n) is 10.5. The van der Waals surface area contributed by atoms with Crippen molar-refractivity contribution in [1.82, 2.24) is 0 Å². The van der Waals surface area contributed by atoms with Crippen molar-refractivity contribution < 1.29 is 14.7 Å². The third-order valence-electron chi connectivity index (χ3n) is 6.94. The van der Waals surface area contributed by atoms with E-state index in [-0.39, 0.29) is 11.8 Å². The number of aliphatic imine (C=N–C) groups is 1. The highest BCUT2D eigenvalue weighted by molar-refractivity contribution is 5.97. The number of carboxylic acids is 1. The number of anilines is 2. The number of carboxylic acid groups (broad SMARTS) is 1. The standard InChI is InChI=1S/C25H31N3O3/c1-24(2)19(14-15-25(24,3)23(30)31)22(29)27-21-9-7-6-8-20(21)26-16-17-10-12-18(13-11-17)28(4)5/h6-13,16,19H,14-15H2,1-5H3,(H,27,29)(H,30,31)/t19-,25+/m1/s1. The number of nitrogens with one attached hydrogen (secondary N) is 1. The molecule has 0 aromatic heterocycles. The summed E-state index contributed by atoms with van der Waals surface area (Å²) in [5.74, 6) is -1.39. The maximum atomic E-state index is 13.1. The van der Waals surface area contributed by atoms with Gasteiger partial charge in [0.1, 0.15) is 0 Å². The quantitative estimate of drug-likeness (QED) is 0.645. The van der Waals surface area contributed by atoms with Crippen molar-refractivity contribution in [3.8, 4) is 0 Å². The molecule has 1 aliphatic rings. The second-order valence-corrected chi connectivity index (χ2v) is 9.20. The zero-order valence-electron chi connectivity index (χ0n) is 18.8. The minimum Gasteiger partial charge on any atom is -0.481 e. The molecule has 0 spiro atoms. The first kappa shape index (κ1) is 22.5. The van der Waals surface area contributed by atoms with Crippen molar-refractivity contribution in [3.05, 3.63) is 54.1 Å². The maximum Gasteiger partial charge on any atom is 0.309 e. The summed E-state index contributed by atoms with van der Waals surface area (Å²) in [7, 11) is 3.99. The molecule has 1 aliphatic carbocycles. The van der Waals surface area contributed by atoms with Gasteiger partial charge in [-0.25, -0.2) is 0 Å². The topological polar surface area (TPSA) is 82.0 Å². The Hall–Kier alpha value is -3.15. The highest BCUT2D eigenvalue weighted by atomic mass is 16.4. The third kappa shape index (κ3) is 4.33. The molecule has 6 nitrogen and oxygen atoms in total. The lowest BCUT2D eigenvalue weighted by Crippen LogP contribution is -2.43. The van der Waals surface area contributed by atoms with E-state index < -0.39 is 16.8 Å². The summed E-state index contributed by atoms with van der Waals surface area (Å²) >= 11 is 0. The van der Waals surface area contributed by atoms with E-state index in [9.17, 15) is 14.7 Å². The highest BCUT2D eigenvalue weighted by Crippen LogP contribution is 2.56. The normalized spacial score (nSPS) is 22.4. The third-order valence-corrected chi connectivity index (χ3v) is 6.94. The Kier molecular flexibility index (Phi) is 6.20. The monoisotopic (exact) mass is 421 g/mol. The largest absolute Gasteiger partial charge is 0.481 e. The molecular weight excluding hydrogens is 390 g/mol. The van der Waals surface area contributed by atoms with E-state index in [4.69, 9.17) is 0 Å². The Morgan fingerprint density at radius 1 is 1.10 bits per heavy atom. The number of rotatable bonds is 6. The molecule has 3 rings (SSSR count). The van der Waals surface area contributed by atoms with Crippen LogP contribution in [0, 0.1) is 16.7 Å². The van der Waals surface area contributed by atoms with Crippen molar-refractivity contribution in [3.63, 3.8) is 0 Å². The molecule has 2 aromatic carbocycles. The van der Waals surface area contributed by atoms with Gasteiger partial charge in [0.15, 0.2) is 0 Å². The zero-order chi connectivity index (χ0) is 22.8. The molecule has 0 bridgehead atoms. The Balaban J connectivity index is 1.78. The van der Waals surface area contributed by atoms with Crippen LogP contribution in [0.4, 0.5) is 17.1 Å². The second-order valence-electron chi connectivity index (χ2n) is 9.20. The minimum atomic E-state index is -0.925. The summed E-state index contributed by atoms with van der Waals surface area (Å²) in [5.41, 5.74) is 1.76. The molecule has 0 aliphatic heterocycles. The van der Waals surface area contributed by atoms with Crippen LogP contribution >= 0.6 is 0 Å². The van der Waals surface area contributed by atoms with Crippen LogP contribution < -0.4 is 10.2 Å². The molecule has 31 heavy (non-hydrogen) atoms. The van der Waals surface area contributed by atoms with Crippen LogP contribution in [0.15, 0.2) is 53.5 Å². The molecule has 0 radical (unpaired) electrons. The molecule has 2 atom stereocenters. The van der Waals surface area contributed by atoms with Gasteiger partial charge < -0.3 is 15.3 Å². The lowest BCUT2D eigenvalue weighted by molar-refractivity contribution is -0.154. The molecule has 1 fully saturated rings. The van der Waals surface area contributed by atoms with Crippen molar-refractivity contribution in [2.24, 2.45) is 21.7 Å². The van der Waals surface area contributed by atoms with Gasteiger partial charge in [-0.1, -0.05) is 38.1 Å². The summed E-state index contributed by atoms with van der Waals surface area (Å²) in [5, 5.41) is 12.7. The summed E-state index contributed by atoms with van der Waals surface area (Å²) in [4.78, 5) is 31.6. The lowest BCUT2D eigenvalue weighted by atomic mass is 9.65. The predicted molar refractivity (Wildman–Crippen MR) is 125 cm³/mol. The van der Waals surface area contributed by atoms with Gasteiger partial charge >= 0.3 is 5.97 Å². The molecule has 6 heteroatoms. The van der Waals surface area contributed by atoms with Gasteiger partial charge in [0.25, 0.3) is 0 Å². The average Bonchev–Trinajstić information content (AvgIpc) is 2.97. The molecule has 0 saturated heterocycles. The van der Waals surface area contributed by atoms with Gasteiger partial charge in [-0.15, -0.1) is 0 Å². The lowest BCUT2D eigenvalue weighted by Gasteiger charge is -2.37. The van der Waals surface area contributed by atoms with Gasteiger partial charge in [0.2, 0.25) is 5.91 Å². The van der Waals surface area contributed by atoms with Crippen LogP contribution in [-0.2, 0) is 9.59 Å². The first-order valence-corrected chi connectivity index (χ1v) is 10.5. The summed E-state index contributed by atoms with van der Waals surface area (Å²) in [6.07, 6.45) is 2.80. The van der Waals surface area contributed by atoms with E-state index in [1.165, 1.54) is 0 Å². The van der Waals surface area contributed by atoms with Crippen molar-refractivity contribution in [1.29, 1.82) is 0 Å². The fourth-order valence-corrected chi connectivity index (χ4v) is 4.26. The van der Waals surface area contributed by atoms with Crippen molar-refractivity contribution in [2.75, 3.05) is 24.3 Å². The fourth-order valence-electron chi connectivity index (χ4n) is 4.26. The number of carbonyl (C=O) groups excluding carboxylic acids is 1. The molecule has 2 aromatic rings. The van der Waals surface area contributed by atoms with Gasteiger partial charge in [0.05, 0.1) is 16.8 Å². The number of hydrogen-bond donors (Lipinski definition) is 2. The van der Waals surface area contributed by atoms with Crippen LogP contribution in [-0.4, -0.2) is 37.3 Å². The number of aliphatic carboxylic acids is 1. The van der Waals surface area contributed by atoms with Crippen LogP contribution in [0.5, 0.6) is 0 Å². The van der Waals surface area contributed by atoms with E-state index in [2.05, 4.69) is 10.3 Å². The van der Waals surface area contributed by atoms with Gasteiger partial charge in [-0.2, -0.15) is 0 Å². The number of nitrogens with zero attached hydrogens (tertiary/aromatic N) is 2. The van der Waals surface area contributed by atoms with Crippen molar-refractivity contribution in [2.45, 2.75) is 33.6 Å². The van der Waals surface area contributed by atoms with Gasteiger partial charge in [0, 0.05) is 31.9 Å². The van der Waals surface area contributed by atoms with Crippen LogP contribution in [0.1, 0.15) is 39.2 Å². The molecule has 2 N–H and O–H groups in total. The number of hydrogen-bond acceptors (Lipinski definition) is 4. The molecular formula is C25H31N3O3. The molecule has 0 unspecified atom stereocenters. The van der Waals surface area contributed by atoms with Crippen LogP contribution in [0.3, 0.4) is 0 Å². The maximum absolute atomic E-state index is 13.1. The van der Waals surface area contributed by atoms with Crippen molar-refractivity contribution >= 4 is 35.2 Å². The van der Waals surface area contributed by atoms with E-state index in [1.807, 2.05) is 81.4 Å². The fraction of sp³-hybridized carbons (Fsp3) is 0.400. The Morgan fingerprint density at radius 3 is 2.32 bits per heavy atom. The zero-order valence-corrected chi connectivity index (χ0v) is 18.8. The average molecular weight is 422 g/mol. The Morgan fingerprint density at radius 2 is 1.74 bits per heavy atom. The summed E-state index contributed by atoms with van der Waals surface area (Å²) in [6, 6.07) is 15.4. The second kappa shape index (κ2) is 8.53. The molecule has 164 valence electrons. The van der Waals surface area contributed by atoms with Gasteiger partial charge in [-0.3, -0.25) is 14.6 Å². The smallest absolute Gasteiger partial charge is 0.309 e. The van der Waals surface area contributed by atoms with E-state index in [0.717, 1.165) is 11.3 Å². The van der Waals surface area contributed by atoms with E-state index in [1.54, 1.807) is 13.1 Å². The van der Waals surface area contributed by atoms with Crippen LogP contribution in [0.25, 0.3) is 0 Å². The van der Waals surface area contributed by atoms with Crippen LogP contribution in [0.2, 0.25) is 0 Å². The number of amides is 1. The number of benzene rings is 2. The van der Waals surface area contributed by atoms with E-state index >= 15 is 0 Å². The Bertz CT molecular complexity index is 995. The van der Waals surface area contributed by atoms with Gasteiger partial charge in [-0.05, 0) is 55.0 Å². The summed E-state index contributed by atoms with van der Waals surface area (Å²) < 4.78 is 0. The predicted octanol–water partition coefficient (Wildman–Crippen LogP) is 4.97. The number of para-hydroxylation sites is 2. The molecule has 1 saturated carbocycles. The SMILES string of the molecule is CN(C)c1ccc(C=Nc2ccccc2NC(=O)[C@H]2CC[C@@](C)(C(=O)O)C2(C)C)cc1. The highest BCUT2D eigenvalue weighted by Gasteiger charge is 2.58. The Labute approximate surface area is 184 Å². The summed E-state index contributed by atoms with van der Waals surface area (Å²) in [6.45, 7) is 5.49. The molecule has 0 heterocycles. The van der Waals surface area contributed by atoms with E-state index in [0.29, 0.717) is 24.2 Å².